The maximum absolute atomic E-state index is 11.6. The monoisotopic (exact) mass is 326 g/mol. The minimum Gasteiger partial charge on any atom is -0.452 e. The smallest absolute Gasteiger partial charge is 0.306 e. The SMILES string of the molecule is C#CCOC(=O)CCCc1ccc2ccc3cccc4ccc1c2c34. The summed E-state index contributed by atoms with van der Waals surface area (Å²) >= 11 is 0. The van der Waals surface area contributed by atoms with E-state index in [0.717, 1.165) is 12.8 Å². The highest BCUT2D eigenvalue weighted by molar-refractivity contribution is 6.23. The summed E-state index contributed by atoms with van der Waals surface area (Å²) in [5, 5.41) is 7.72. The average Bonchev–Trinajstić information content (AvgIpc) is 2.65. The lowest BCUT2D eigenvalue weighted by Crippen LogP contribution is -2.05. The van der Waals surface area contributed by atoms with Gasteiger partial charge in [0.1, 0.15) is 0 Å². The van der Waals surface area contributed by atoms with Crippen LogP contribution >= 0.6 is 0 Å². The predicted molar refractivity (Wildman–Crippen MR) is 103 cm³/mol. The van der Waals surface area contributed by atoms with E-state index in [0.29, 0.717) is 6.42 Å². The van der Waals surface area contributed by atoms with Gasteiger partial charge in [-0.05, 0) is 50.7 Å². The molecule has 0 aliphatic carbocycles. The van der Waals surface area contributed by atoms with Crippen LogP contribution in [0.4, 0.5) is 0 Å². The summed E-state index contributed by atoms with van der Waals surface area (Å²) in [6.07, 6.45) is 7.10. The Balaban J connectivity index is 1.68. The van der Waals surface area contributed by atoms with Crippen molar-refractivity contribution < 1.29 is 9.53 Å². The van der Waals surface area contributed by atoms with Crippen molar-refractivity contribution in [3.05, 3.63) is 60.2 Å². The zero-order valence-electron chi connectivity index (χ0n) is 13.9. The van der Waals surface area contributed by atoms with Crippen LogP contribution in [0.25, 0.3) is 32.3 Å². The molecule has 0 aromatic heterocycles. The van der Waals surface area contributed by atoms with Crippen LogP contribution in [0.2, 0.25) is 0 Å². The molecule has 0 aliphatic rings. The van der Waals surface area contributed by atoms with Gasteiger partial charge in [-0.3, -0.25) is 4.79 Å². The lowest BCUT2D eigenvalue weighted by molar-refractivity contribution is -0.142. The first-order chi connectivity index (χ1) is 12.3. The molecule has 4 rings (SSSR count). The van der Waals surface area contributed by atoms with Crippen molar-refractivity contribution in [1.82, 2.24) is 0 Å². The van der Waals surface area contributed by atoms with Crippen LogP contribution in [-0.4, -0.2) is 12.6 Å². The molecule has 2 heteroatoms. The second kappa shape index (κ2) is 6.45. The molecule has 0 atom stereocenters. The third-order valence-electron chi connectivity index (χ3n) is 4.76. The minimum absolute atomic E-state index is 0.0531. The van der Waals surface area contributed by atoms with Crippen LogP contribution in [0.3, 0.4) is 0 Å². The van der Waals surface area contributed by atoms with Crippen LogP contribution in [-0.2, 0) is 16.0 Å². The number of carbonyl (C=O) groups excluding carboxylic acids is 1. The Morgan fingerprint density at radius 1 is 0.920 bits per heavy atom. The standard InChI is InChI=1S/C23H18O2/c1-2-15-25-21(24)8-4-5-16-9-10-19-12-11-17-6-3-7-18-13-14-20(16)23(19)22(17)18/h1,3,6-7,9-14H,4-5,8,15H2. The molecule has 0 radical (unpaired) electrons. The highest BCUT2D eigenvalue weighted by Gasteiger charge is 2.11. The van der Waals surface area contributed by atoms with E-state index in [9.17, 15) is 4.79 Å². The van der Waals surface area contributed by atoms with Crippen molar-refractivity contribution in [1.29, 1.82) is 0 Å². The minimum atomic E-state index is -0.226. The molecule has 0 N–H and O–H groups in total. The lowest BCUT2D eigenvalue weighted by atomic mass is 9.90. The maximum atomic E-state index is 11.6. The van der Waals surface area contributed by atoms with Gasteiger partial charge in [0.25, 0.3) is 0 Å². The summed E-state index contributed by atoms with van der Waals surface area (Å²) in [6, 6.07) is 19.5. The van der Waals surface area contributed by atoms with E-state index >= 15 is 0 Å². The van der Waals surface area contributed by atoms with Gasteiger partial charge in [-0.2, -0.15) is 0 Å². The van der Waals surface area contributed by atoms with Crippen LogP contribution in [0, 0.1) is 12.3 Å². The first kappa shape index (κ1) is 15.5. The molecule has 0 saturated carbocycles. The quantitative estimate of drug-likeness (QED) is 0.290. The highest BCUT2D eigenvalue weighted by atomic mass is 16.5. The fourth-order valence-corrected chi connectivity index (χ4v) is 3.63. The van der Waals surface area contributed by atoms with Crippen molar-refractivity contribution in [3.63, 3.8) is 0 Å². The summed E-state index contributed by atoms with van der Waals surface area (Å²) in [5.41, 5.74) is 1.27. The molecule has 0 bridgehead atoms. The van der Waals surface area contributed by atoms with Gasteiger partial charge in [-0.1, -0.05) is 60.5 Å². The first-order valence-electron chi connectivity index (χ1n) is 8.52. The molecule has 2 nitrogen and oxygen atoms in total. The fourth-order valence-electron chi connectivity index (χ4n) is 3.63. The Kier molecular flexibility index (Phi) is 3.99. The van der Waals surface area contributed by atoms with Crippen molar-refractivity contribution in [2.45, 2.75) is 19.3 Å². The number of esters is 1. The number of carbonyl (C=O) groups is 1. The number of rotatable bonds is 5. The Bertz CT molecular complexity index is 1090. The third-order valence-corrected chi connectivity index (χ3v) is 4.76. The Morgan fingerprint density at radius 2 is 1.60 bits per heavy atom. The van der Waals surface area contributed by atoms with E-state index < -0.39 is 0 Å². The second-order valence-corrected chi connectivity index (χ2v) is 6.30. The fraction of sp³-hybridized carbons (Fsp3) is 0.174. The van der Waals surface area contributed by atoms with Gasteiger partial charge in [-0.25, -0.2) is 0 Å². The normalized spacial score (nSPS) is 11.2. The first-order valence-corrected chi connectivity index (χ1v) is 8.52. The highest BCUT2D eigenvalue weighted by Crippen LogP contribution is 2.36. The van der Waals surface area contributed by atoms with Gasteiger partial charge < -0.3 is 4.74 Å². The van der Waals surface area contributed by atoms with Crippen LogP contribution < -0.4 is 0 Å². The summed E-state index contributed by atoms with van der Waals surface area (Å²) in [4.78, 5) is 11.6. The van der Waals surface area contributed by atoms with Gasteiger partial charge in [0.2, 0.25) is 0 Å². The van der Waals surface area contributed by atoms with Crippen molar-refractivity contribution >= 4 is 38.3 Å². The number of terminal acetylenes is 1. The number of ether oxygens (including phenoxy) is 1. The predicted octanol–water partition coefficient (Wildman–Crippen LogP) is 5.08. The molecule has 0 saturated heterocycles. The third kappa shape index (κ3) is 2.79. The molecule has 0 spiro atoms. The van der Waals surface area contributed by atoms with Gasteiger partial charge in [0, 0.05) is 6.42 Å². The molecule has 122 valence electrons. The van der Waals surface area contributed by atoms with E-state index in [4.69, 9.17) is 11.2 Å². The zero-order chi connectivity index (χ0) is 17.2. The average molecular weight is 326 g/mol. The van der Waals surface area contributed by atoms with Crippen LogP contribution in [0.1, 0.15) is 18.4 Å². The molecule has 4 aromatic rings. The number of hydrogen-bond acceptors (Lipinski definition) is 2. The van der Waals surface area contributed by atoms with Crippen molar-refractivity contribution in [3.8, 4) is 12.3 Å². The molecular formula is C23H18O2. The van der Waals surface area contributed by atoms with Gasteiger partial charge in [0.05, 0.1) is 0 Å². The van der Waals surface area contributed by atoms with E-state index in [1.54, 1.807) is 0 Å². The van der Waals surface area contributed by atoms with Gasteiger partial charge >= 0.3 is 5.97 Å². The molecule has 4 aromatic carbocycles. The van der Waals surface area contributed by atoms with Crippen molar-refractivity contribution in [2.24, 2.45) is 0 Å². The molecule has 0 unspecified atom stereocenters. The molecular weight excluding hydrogens is 308 g/mol. The van der Waals surface area contributed by atoms with E-state index in [1.807, 2.05) is 0 Å². The zero-order valence-corrected chi connectivity index (χ0v) is 13.9. The van der Waals surface area contributed by atoms with E-state index in [-0.39, 0.29) is 12.6 Å². The summed E-state index contributed by atoms with van der Waals surface area (Å²) in [6.45, 7) is 0.0531. The number of aryl methyl sites for hydroxylation is 1. The molecule has 0 fully saturated rings. The van der Waals surface area contributed by atoms with Gasteiger partial charge in [0.15, 0.2) is 6.61 Å². The molecule has 25 heavy (non-hydrogen) atoms. The van der Waals surface area contributed by atoms with Crippen molar-refractivity contribution in [2.75, 3.05) is 6.61 Å². The lowest BCUT2D eigenvalue weighted by Gasteiger charge is -2.13. The van der Waals surface area contributed by atoms with Crippen LogP contribution in [0.5, 0.6) is 0 Å². The number of hydrogen-bond donors (Lipinski definition) is 0. The maximum Gasteiger partial charge on any atom is 0.306 e. The Labute approximate surface area is 146 Å². The molecule has 0 amide bonds. The Morgan fingerprint density at radius 3 is 2.36 bits per heavy atom. The summed E-state index contributed by atoms with van der Waals surface area (Å²) < 4.78 is 4.93. The molecule has 0 heterocycles. The second-order valence-electron chi connectivity index (χ2n) is 6.30. The van der Waals surface area contributed by atoms with Crippen LogP contribution in [0.15, 0.2) is 54.6 Å². The summed E-state index contributed by atoms with van der Waals surface area (Å²) in [7, 11) is 0. The summed E-state index contributed by atoms with van der Waals surface area (Å²) in [5.74, 6) is 2.09. The van der Waals surface area contributed by atoms with E-state index in [1.165, 1.54) is 37.9 Å². The van der Waals surface area contributed by atoms with E-state index in [2.05, 4.69) is 60.5 Å². The van der Waals surface area contributed by atoms with Gasteiger partial charge in [-0.15, -0.1) is 6.42 Å². The largest absolute Gasteiger partial charge is 0.452 e. The molecule has 0 aliphatic heterocycles. The number of benzene rings is 4. The Hall–Kier alpha value is -3.05. The topological polar surface area (TPSA) is 26.3 Å².